The van der Waals surface area contributed by atoms with Crippen molar-refractivity contribution in [2.24, 2.45) is 5.92 Å². The highest BCUT2D eigenvalue weighted by molar-refractivity contribution is 6.32. The molecule has 2 heterocycles. The van der Waals surface area contributed by atoms with Crippen LogP contribution in [0, 0.1) is 5.92 Å². The second-order valence-electron chi connectivity index (χ2n) is 5.27. The molecule has 1 saturated carbocycles. The number of halogens is 1. The van der Waals surface area contributed by atoms with Crippen LogP contribution in [-0.4, -0.2) is 35.6 Å². The first-order valence-corrected chi connectivity index (χ1v) is 7.15. The SMILES string of the molecule is Clc1cncnc1N(CC1CCNCC1)C1CC1. The molecule has 0 aromatic carbocycles. The predicted molar refractivity (Wildman–Crippen MR) is 73.0 cm³/mol. The van der Waals surface area contributed by atoms with Gasteiger partial charge < -0.3 is 10.2 Å². The lowest BCUT2D eigenvalue weighted by atomic mass is 9.97. The lowest BCUT2D eigenvalue weighted by molar-refractivity contribution is 0.372. The van der Waals surface area contributed by atoms with Gasteiger partial charge in [0.25, 0.3) is 0 Å². The molecule has 1 aliphatic carbocycles. The van der Waals surface area contributed by atoms with Gasteiger partial charge in [-0.2, -0.15) is 0 Å². The minimum absolute atomic E-state index is 0.646. The highest BCUT2D eigenvalue weighted by atomic mass is 35.5. The molecule has 18 heavy (non-hydrogen) atoms. The smallest absolute Gasteiger partial charge is 0.151 e. The van der Waals surface area contributed by atoms with Crippen molar-refractivity contribution in [3.63, 3.8) is 0 Å². The number of anilines is 1. The molecule has 98 valence electrons. The van der Waals surface area contributed by atoms with Crippen LogP contribution < -0.4 is 10.2 Å². The molecule has 3 rings (SSSR count). The number of hydrogen-bond donors (Lipinski definition) is 1. The summed E-state index contributed by atoms with van der Waals surface area (Å²) in [6.07, 6.45) is 8.34. The Morgan fingerprint density at radius 1 is 1.28 bits per heavy atom. The van der Waals surface area contributed by atoms with E-state index in [0.717, 1.165) is 31.4 Å². The van der Waals surface area contributed by atoms with E-state index in [0.29, 0.717) is 11.1 Å². The zero-order valence-corrected chi connectivity index (χ0v) is 11.2. The molecule has 0 unspecified atom stereocenters. The van der Waals surface area contributed by atoms with E-state index in [9.17, 15) is 0 Å². The first-order valence-electron chi connectivity index (χ1n) is 6.77. The molecule has 1 aromatic heterocycles. The van der Waals surface area contributed by atoms with Gasteiger partial charge in [0.2, 0.25) is 0 Å². The lowest BCUT2D eigenvalue weighted by Gasteiger charge is -2.31. The van der Waals surface area contributed by atoms with E-state index >= 15 is 0 Å². The summed E-state index contributed by atoms with van der Waals surface area (Å²) in [5, 5.41) is 4.09. The van der Waals surface area contributed by atoms with Gasteiger partial charge in [-0.15, -0.1) is 0 Å². The Bertz CT molecular complexity index is 402. The lowest BCUT2D eigenvalue weighted by Crippen LogP contribution is -2.37. The highest BCUT2D eigenvalue weighted by Crippen LogP contribution is 2.35. The van der Waals surface area contributed by atoms with Gasteiger partial charge in [-0.25, -0.2) is 9.97 Å². The van der Waals surface area contributed by atoms with Crippen molar-refractivity contribution in [1.29, 1.82) is 0 Å². The van der Waals surface area contributed by atoms with Gasteiger partial charge in [0.05, 0.1) is 6.20 Å². The molecule has 1 N–H and O–H groups in total. The van der Waals surface area contributed by atoms with E-state index in [2.05, 4.69) is 20.2 Å². The van der Waals surface area contributed by atoms with Crippen LogP contribution in [0.4, 0.5) is 5.82 Å². The quantitative estimate of drug-likeness (QED) is 0.906. The molecule has 4 nitrogen and oxygen atoms in total. The van der Waals surface area contributed by atoms with Gasteiger partial charge in [0.1, 0.15) is 11.3 Å². The van der Waals surface area contributed by atoms with Crippen molar-refractivity contribution in [2.45, 2.75) is 31.7 Å². The summed E-state index contributed by atoms with van der Waals surface area (Å²) >= 11 is 6.23. The van der Waals surface area contributed by atoms with Crippen LogP contribution in [0.1, 0.15) is 25.7 Å². The second kappa shape index (κ2) is 5.41. The molecule has 0 amide bonds. The molecule has 0 bridgehead atoms. The van der Waals surface area contributed by atoms with Crippen LogP contribution in [0.15, 0.2) is 12.5 Å². The van der Waals surface area contributed by atoms with E-state index in [1.54, 1.807) is 12.5 Å². The Morgan fingerprint density at radius 2 is 2.06 bits per heavy atom. The van der Waals surface area contributed by atoms with Crippen molar-refractivity contribution in [3.8, 4) is 0 Å². The molecular weight excluding hydrogens is 248 g/mol. The molecule has 1 aromatic rings. The molecule has 2 aliphatic rings. The standard InChI is InChI=1S/C13H19ClN4/c14-12-7-16-9-17-13(12)18(11-1-2-11)8-10-3-5-15-6-4-10/h7,9-11,15H,1-6,8H2. The third-order valence-electron chi connectivity index (χ3n) is 3.82. The van der Waals surface area contributed by atoms with Gasteiger partial charge in [-0.1, -0.05) is 11.6 Å². The van der Waals surface area contributed by atoms with Crippen LogP contribution in [0.3, 0.4) is 0 Å². The normalized spacial score (nSPS) is 20.9. The van der Waals surface area contributed by atoms with E-state index in [1.165, 1.54) is 25.7 Å². The number of rotatable bonds is 4. The minimum Gasteiger partial charge on any atom is -0.352 e. The van der Waals surface area contributed by atoms with Crippen LogP contribution >= 0.6 is 11.6 Å². The average molecular weight is 267 g/mol. The zero-order chi connectivity index (χ0) is 12.4. The number of nitrogens with one attached hydrogen (secondary N) is 1. The highest BCUT2D eigenvalue weighted by Gasteiger charge is 2.32. The van der Waals surface area contributed by atoms with E-state index in [4.69, 9.17) is 11.6 Å². The summed E-state index contributed by atoms with van der Waals surface area (Å²) in [6, 6.07) is 0.646. The van der Waals surface area contributed by atoms with Gasteiger partial charge in [-0.3, -0.25) is 0 Å². The summed E-state index contributed by atoms with van der Waals surface area (Å²) in [5.41, 5.74) is 0. The third kappa shape index (κ3) is 2.75. The van der Waals surface area contributed by atoms with Crippen LogP contribution in [0.5, 0.6) is 0 Å². The molecule has 5 heteroatoms. The fraction of sp³-hybridized carbons (Fsp3) is 0.692. The fourth-order valence-electron chi connectivity index (χ4n) is 2.65. The summed E-state index contributed by atoms with van der Waals surface area (Å²) in [7, 11) is 0. The van der Waals surface area contributed by atoms with Crippen LogP contribution in [0.25, 0.3) is 0 Å². The number of hydrogen-bond acceptors (Lipinski definition) is 4. The van der Waals surface area contributed by atoms with Crippen LogP contribution in [-0.2, 0) is 0 Å². The maximum Gasteiger partial charge on any atom is 0.151 e. The minimum atomic E-state index is 0.646. The van der Waals surface area contributed by atoms with Crippen molar-refractivity contribution in [2.75, 3.05) is 24.5 Å². The molecule has 1 aliphatic heterocycles. The van der Waals surface area contributed by atoms with E-state index in [1.807, 2.05) is 0 Å². The maximum atomic E-state index is 6.23. The average Bonchev–Trinajstić information content (AvgIpc) is 3.23. The molecule has 0 radical (unpaired) electrons. The van der Waals surface area contributed by atoms with Gasteiger partial charge in [0.15, 0.2) is 5.82 Å². The summed E-state index contributed by atoms with van der Waals surface area (Å²) < 4.78 is 0. The molecule has 0 spiro atoms. The molecule has 0 atom stereocenters. The monoisotopic (exact) mass is 266 g/mol. The molecular formula is C13H19ClN4. The summed E-state index contributed by atoms with van der Waals surface area (Å²) in [5.74, 6) is 1.69. The Hall–Kier alpha value is -0.870. The number of aromatic nitrogens is 2. The summed E-state index contributed by atoms with van der Waals surface area (Å²) in [4.78, 5) is 10.7. The fourth-order valence-corrected chi connectivity index (χ4v) is 2.87. The third-order valence-corrected chi connectivity index (χ3v) is 4.09. The Balaban J connectivity index is 1.73. The maximum absolute atomic E-state index is 6.23. The van der Waals surface area contributed by atoms with Crippen molar-refractivity contribution < 1.29 is 0 Å². The predicted octanol–water partition coefficient (Wildman–Crippen LogP) is 2.10. The van der Waals surface area contributed by atoms with Crippen molar-refractivity contribution in [1.82, 2.24) is 15.3 Å². The van der Waals surface area contributed by atoms with Gasteiger partial charge in [-0.05, 0) is 44.7 Å². The van der Waals surface area contributed by atoms with E-state index in [-0.39, 0.29) is 0 Å². The first-order chi connectivity index (χ1) is 8.84. The van der Waals surface area contributed by atoms with Gasteiger partial charge >= 0.3 is 0 Å². The van der Waals surface area contributed by atoms with Gasteiger partial charge in [0, 0.05) is 12.6 Å². The van der Waals surface area contributed by atoms with E-state index < -0.39 is 0 Å². The van der Waals surface area contributed by atoms with Crippen molar-refractivity contribution in [3.05, 3.63) is 17.5 Å². The Morgan fingerprint density at radius 3 is 2.72 bits per heavy atom. The molecule has 1 saturated heterocycles. The van der Waals surface area contributed by atoms with Crippen LogP contribution in [0.2, 0.25) is 5.02 Å². The topological polar surface area (TPSA) is 41.1 Å². The largest absolute Gasteiger partial charge is 0.352 e. The zero-order valence-electron chi connectivity index (χ0n) is 10.5. The summed E-state index contributed by atoms with van der Waals surface area (Å²) in [6.45, 7) is 3.37. The first kappa shape index (κ1) is 12.2. The Labute approximate surface area is 113 Å². The molecule has 2 fully saturated rings. The number of piperidine rings is 1. The van der Waals surface area contributed by atoms with Crippen molar-refractivity contribution >= 4 is 17.4 Å². The second-order valence-corrected chi connectivity index (χ2v) is 5.68. The number of nitrogens with zero attached hydrogens (tertiary/aromatic N) is 3. The Kier molecular flexibility index (Phi) is 3.66.